The number of nitrogens with one attached hydrogen (secondary N) is 2. The number of amides is 1. The van der Waals surface area contributed by atoms with Crippen molar-refractivity contribution in [3.63, 3.8) is 0 Å². The van der Waals surface area contributed by atoms with E-state index in [1.54, 1.807) is 12.1 Å². The highest BCUT2D eigenvalue weighted by atomic mass is 32.2. The number of hydrogen-bond acceptors (Lipinski definition) is 3. The average Bonchev–Trinajstić information content (AvgIpc) is 2.52. The Hall–Kier alpha value is -2.18. The van der Waals surface area contributed by atoms with Crippen LogP contribution >= 0.6 is 0 Å². The van der Waals surface area contributed by atoms with Gasteiger partial charge in [-0.05, 0) is 61.2 Å². The van der Waals surface area contributed by atoms with Crippen molar-refractivity contribution in [2.45, 2.75) is 32.6 Å². The topological polar surface area (TPSA) is 75.3 Å². The van der Waals surface area contributed by atoms with Crippen molar-refractivity contribution in [1.29, 1.82) is 0 Å². The van der Waals surface area contributed by atoms with Gasteiger partial charge in [-0.2, -0.15) is 0 Å². The molecule has 6 heteroatoms. The minimum absolute atomic E-state index is 0.0845. The summed E-state index contributed by atoms with van der Waals surface area (Å²) in [5, 5.41) is 2.81. The lowest BCUT2D eigenvalue weighted by molar-refractivity contribution is 0.102. The van der Waals surface area contributed by atoms with Crippen molar-refractivity contribution < 1.29 is 13.2 Å². The fourth-order valence-corrected chi connectivity index (χ4v) is 3.67. The van der Waals surface area contributed by atoms with Crippen LogP contribution in [-0.4, -0.2) is 20.9 Å². The second-order valence-electron chi connectivity index (χ2n) is 6.60. The van der Waals surface area contributed by atoms with E-state index in [0.29, 0.717) is 17.8 Å². The molecule has 0 aliphatic rings. The average molecular weight is 360 g/mol. The highest BCUT2D eigenvalue weighted by molar-refractivity contribution is 7.89. The van der Waals surface area contributed by atoms with Crippen molar-refractivity contribution in [2.24, 2.45) is 5.92 Å². The van der Waals surface area contributed by atoms with Gasteiger partial charge in [0, 0.05) is 17.8 Å². The first kappa shape index (κ1) is 19.1. The van der Waals surface area contributed by atoms with Gasteiger partial charge in [-0.3, -0.25) is 4.79 Å². The minimum Gasteiger partial charge on any atom is -0.322 e. The molecule has 0 radical (unpaired) electrons. The Kier molecular flexibility index (Phi) is 5.98. The fourth-order valence-electron chi connectivity index (χ4n) is 2.41. The molecule has 2 rings (SSSR count). The second kappa shape index (κ2) is 7.80. The molecule has 0 saturated heterocycles. The van der Waals surface area contributed by atoms with Crippen LogP contribution in [0.15, 0.2) is 47.4 Å². The Bertz CT molecular complexity index is 854. The molecular weight excluding hydrogens is 336 g/mol. The molecule has 0 bridgehead atoms. The number of hydrogen-bond donors (Lipinski definition) is 2. The van der Waals surface area contributed by atoms with Gasteiger partial charge < -0.3 is 5.32 Å². The van der Waals surface area contributed by atoms with Crippen LogP contribution in [0.5, 0.6) is 0 Å². The number of anilines is 1. The first-order valence-electron chi connectivity index (χ1n) is 8.17. The van der Waals surface area contributed by atoms with Gasteiger partial charge in [0.15, 0.2) is 0 Å². The van der Waals surface area contributed by atoms with Gasteiger partial charge in [0.2, 0.25) is 10.0 Å². The first-order chi connectivity index (χ1) is 11.7. The third-order valence-electron chi connectivity index (χ3n) is 3.57. The van der Waals surface area contributed by atoms with Crippen LogP contribution in [-0.2, 0) is 10.0 Å². The predicted octanol–water partition coefficient (Wildman–Crippen LogP) is 3.49. The number of carbonyl (C=O) groups excluding carboxylic acids is 1. The van der Waals surface area contributed by atoms with E-state index in [-0.39, 0.29) is 16.7 Å². The molecule has 0 atom stereocenters. The van der Waals surface area contributed by atoms with Crippen molar-refractivity contribution in [3.05, 3.63) is 59.2 Å². The lowest BCUT2D eigenvalue weighted by Gasteiger charge is -2.11. The molecule has 2 aromatic carbocycles. The lowest BCUT2D eigenvalue weighted by Crippen LogP contribution is -2.27. The van der Waals surface area contributed by atoms with Crippen LogP contribution in [0, 0.1) is 19.8 Å². The zero-order valence-corrected chi connectivity index (χ0v) is 15.8. The highest BCUT2D eigenvalue weighted by Crippen LogP contribution is 2.17. The van der Waals surface area contributed by atoms with Gasteiger partial charge >= 0.3 is 0 Å². The molecule has 0 aliphatic carbocycles. The van der Waals surface area contributed by atoms with E-state index in [1.807, 2.05) is 45.9 Å². The summed E-state index contributed by atoms with van der Waals surface area (Å²) in [6, 6.07) is 11.8. The van der Waals surface area contributed by atoms with Crippen molar-refractivity contribution in [2.75, 3.05) is 11.9 Å². The molecule has 0 aliphatic heterocycles. The fraction of sp³-hybridized carbons (Fsp3) is 0.316. The van der Waals surface area contributed by atoms with E-state index in [2.05, 4.69) is 10.0 Å². The number of carbonyl (C=O) groups is 1. The van der Waals surface area contributed by atoms with Crippen molar-refractivity contribution in [1.82, 2.24) is 4.72 Å². The van der Waals surface area contributed by atoms with Gasteiger partial charge in [0.25, 0.3) is 5.91 Å². The third-order valence-corrected chi connectivity index (χ3v) is 4.99. The summed E-state index contributed by atoms with van der Waals surface area (Å²) in [5.74, 6) is -0.142. The molecule has 0 fully saturated rings. The van der Waals surface area contributed by atoms with Gasteiger partial charge in [0.1, 0.15) is 0 Å². The SMILES string of the molecule is Cc1cc(C)cc(NC(=O)c2cccc(S(=O)(=O)NCC(C)C)c2)c1. The van der Waals surface area contributed by atoms with Crippen LogP contribution in [0.1, 0.15) is 35.3 Å². The van der Waals surface area contributed by atoms with Crippen LogP contribution in [0.25, 0.3) is 0 Å². The maximum atomic E-state index is 12.5. The van der Waals surface area contributed by atoms with Crippen LogP contribution in [0.3, 0.4) is 0 Å². The molecule has 2 N–H and O–H groups in total. The molecule has 5 nitrogen and oxygen atoms in total. The Morgan fingerprint density at radius 2 is 1.68 bits per heavy atom. The first-order valence-corrected chi connectivity index (χ1v) is 9.65. The Labute approximate surface area is 149 Å². The molecule has 0 aromatic heterocycles. The Balaban J connectivity index is 2.21. The Morgan fingerprint density at radius 3 is 2.28 bits per heavy atom. The van der Waals surface area contributed by atoms with E-state index < -0.39 is 10.0 Å². The lowest BCUT2D eigenvalue weighted by atomic mass is 10.1. The highest BCUT2D eigenvalue weighted by Gasteiger charge is 2.16. The molecule has 134 valence electrons. The van der Waals surface area contributed by atoms with Gasteiger partial charge in [0.05, 0.1) is 4.90 Å². The molecule has 0 spiro atoms. The largest absolute Gasteiger partial charge is 0.322 e. The Morgan fingerprint density at radius 1 is 1.04 bits per heavy atom. The monoisotopic (exact) mass is 360 g/mol. The summed E-state index contributed by atoms with van der Waals surface area (Å²) in [7, 11) is -3.63. The maximum absolute atomic E-state index is 12.5. The number of benzene rings is 2. The summed E-state index contributed by atoms with van der Waals surface area (Å²) < 4.78 is 27.2. The quantitative estimate of drug-likeness (QED) is 0.828. The van der Waals surface area contributed by atoms with Crippen LogP contribution < -0.4 is 10.0 Å². The molecular formula is C19H24N2O3S. The second-order valence-corrected chi connectivity index (χ2v) is 8.37. The van der Waals surface area contributed by atoms with Gasteiger partial charge in [-0.1, -0.05) is 26.0 Å². The van der Waals surface area contributed by atoms with E-state index in [1.165, 1.54) is 12.1 Å². The molecule has 25 heavy (non-hydrogen) atoms. The summed E-state index contributed by atoms with van der Waals surface area (Å²) >= 11 is 0. The third kappa shape index (κ3) is 5.41. The number of sulfonamides is 1. The van der Waals surface area contributed by atoms with E-state index in [0.717, 1.165) is 11.1 Å². The minimum atomic E-state index is -3.63. The zero-order valence-electron chi connectivity index (χ0n) is 15.0. The zero-order chi connectivity index (χ0) is 18.6. The van der Waals surface area contributed by atoms with Crippen LogP contribution in [0.2, 0.25) is 0 Å². The molecule has 2 aromatic rings. The number of aryl methyl sites for hydroxylation is 2. The normalized spacial score (nSPS) is 11.6. The van der Waals surface area contributed by atoms with E-state index in [4.69, 9.17) is 0 Å². The van der Waals surface area contributed by atoms with Gasteiger partial charge in [-0.15, -0.1) is 0 Å². The van der Waals surface area contributed by atoms with E-state index >= 15 is 0 Å². The van der Waals surface area contributed by atoms with Gasteiger partial charge in [-0.25, -0.2) is 13.1 Å². The van der Waals surface area contributed by atoms with E-state index in [9.17, 15) is 13.2 Å². The predicted molar refractivity (Wildman–Crippen MR) is 100 cm³/mol. The smallest absolute Gasteiger partial charge is 0.255 e. The summed E-state index contributed by atoms with van der Waals surface area (Å²) in [6.07, 6.45) is 0. The summed E-state index contributed by atoms with van der Waals surface area (Å²) in [4.78, 5) is 12.5. The summed E-state index contributed by atoms with van der Waals surface area (Å²) in [5.41, 5.74) is 3.08. The van der Waals surface area contributed by atoms with Crippen LogP contribution in [0.4, 0.5) is 5.69 Å². The maximum Gasteiger partial charge on any atom is 0.255 e. The molecule has 1 amide bonds. The van der Waals surface area contributed by atoms with Crippen molar-refractivity contribution >= 4 is 21.6 Å². The molecule has 0 heterocycles. The standard InChI is InChI=1S/C19H24N2O3S/c1-13(2)12-20-25(23,24)18-7-5-6-16(11-18)19(22)21-17-9-14(3)8-15(4)10-17/h5-11,13,20H,12H2,1-4H3,(H,21,22). The molecule has 0 saturated carbocycles. The molecule has 0 unspecified atom stereocenters. The summed E-state index contributed by atoms with van der Waals surface area (Å²) in [6.45, 7) is 8.11. The van der Waals surface area contributed by atoms with Crippen molar-refractivity contribution in [3.8, 4) is 0 Å². The number of rotatable bonds is 6.